The first kappa shape index (κ1) is 8.74. The molecule has 1 unspecified atom stereocenters. The summed E-state index contributed by atoms with van der Waals surface area (Å²) in [7, 11) is 0. The second-order valence-electron chi connectivity index (χ2n) is 2.27. The van der Waals surface area contributed by atoms with Crippen molar-refractivity contribution in [2.24, 2.45) is 0 Å². The van der Waals surface area contributed by atoms with Gasteiger partial charge in [-0.1, -0.05) is 0 Å². The van der Waals surface area contributed by atoms with E-state index in [1.54, 1.807) is 13.0 Å². The highest BCUT2D eigenvalue weighted by Crippen LogP contribution is 2.25. The average molecular weight is 223 g/mol. The van der Waals surface area contributed by atoms with Crippen LogP contribution in [0.3, 0.4) is 0 Å². The second-order valence-corrected chi connectivity index (χ2v) is 3.05. The molecule has 0 amide bonds. The average Bonchev–Trinajstić information content (AvgIpc) is 2.28. The topological polar surface area (TPSA) is 33.4 Å². The fraction of sp³-hybridized carbons (Fsp3) is 0.429. The van der Waals surface area contributed by atoms with Gasteiger partial charge >= 0.3 is 0 Å². The third-order valence-corrected chi connectivity index (χ3v) is 1.77. The molecule has 0 aromatic carbocycles. The lowest BCUT2D eigenvalue weighted by atomic mass is 10.2. The van der Waals surface area contributed by atoms with E-state index in [4.69, 9.17) is 9.52 Å². The highest BCUT2D eigenvalue weighted by molar-refractivity contribution is 9.10. The first-order valence-electron chi connectivity index (χ1n) is 3.15. The largest absolute Gasteiger partial charge is 0.451 e. The van der Waals surface area contributed by atoms with Gasteiger partial charge in [0.2, 0.25) is 0 Å². The number of halogens is 2. The minimum absolute atomic E-state index is 0.291. The van der Waals surface area contributed by atoms with E-state index < -0.39 is 12.8 Å². The van der Waals surface area contributed by atoms with Gasteiger partial charge in [0.05, 0.1) is 0 Å². The molecule has 0 fully saturated rings. The van der Waals surface area contributed by atoms with Crippen LogP contribution in [-0.4, -0.2) is 11.8 Å². The van der Waals surface area contributed by atoms with Crippen LogP contribution in [0.5, 0.6) is 0 Å². The molecule has 0 saturated heterocycles. The Hall–Kier alpha value is -0.350. The summed E-state index contributed by atoms with van der Waals surface area (Å²) < 4.78 is 17.4. The smallest absolute Gasteiger partial charge is 0.169 e. The van der Waals surface area contributed by atoms with E-state index in [0.717, 1.165) is 5.56 Å². The molecular weight excluding hydrogens is 215 g/mol. The first-order valence-corrected chi connectivity index (χ1v) is 3.94. The molecule has 1 aromatic rings. The molecule has 1 atom stereocenters. The predicted molar refractivity (Wildman–Crippen MR) is 42.1 cm³/mol. The molecule has 0 aliphatic heterocycles. The van der Waals surface area contributed by atoms with Crippen LogP contribution in [0, 0.1) is 6.92 Å². The molecule has 2 nitrogen and oxygen atoms in total. The summed E-state index contributed by atoms with van der Waals surface area (Å²) in [6, 6.07) is 1.69. The Morgan fingerprint density at radius 1 is 1.82 bits per heavy atom. The van der Waals surface area contributed by atoms with E-state index in [0.29, 0.717) is 10.4 Å². The van der Waals surface area contributed by atoms with Crippen molar-refractivity contribution in [3.05, 3.63) is 22.1 Å². The van der Waals surface area contributed by atoms with Crippen LogP contribution >= 0.6 is 15.9 Å². The number of rotatable bonds is 2. The number of aliphatic hydroxyl groups is 1. The minimum Gasteiger partial charge on any atom is -0.451 e. The number of hydrogen-bond donors (Lipinski definition) is 1. The molecule has 0 aliphatic rings. The van der Waals surface area contributed by atoms with Crippen molar-refractivity contribution in [2.45, 2.75) is 13.0 Å². The van der Waals surface area contributed by atoms with Gasteiger partial charge in [-0.25, -0.2) is 4.39 Å². The summed E-state index contributed by atoms with van der Waals surface area (Å²) in [5.41, 5.74) is 0.752. The lowest BCUT2D eigenvalue weighted by Crippen LogP contribution is -1.98. The molecule has 0 saturated carbocycles. The third-order valence-electron chi connectivity index (χ3n) is 1.37. The van der Waals surface area contributed by atoms with Gasteiger partial charge in [-0.2, -0.15) is 0 Å². The van der Waals surface area contributed by atoms with Crippen LogP contribution in [0.4, 0.5) is 4.39 Å². The Morgan fingerprint density at radius 3 is 2.82 bits per heavy atom. The van der Waals surface area contributed by atoms with E-state index in [1.165, 1.54) is 0 Å². The molecule has 0 spiro atoms. The van der Waals surface area contributed by atoms with Crippen molar-refractivity contribution in [3.63, 3.8) is 0 Å². The van der Waals surface area contributed by atoms with Crippen LogP contribution < -0.4 is 0 Å². The van der Waals surface area contributed by atoms with Crippen molar-refractivity contribution < 1.29 is 13.9 Å². The molecule has 0 bridgehead atoms. The van der Waals surface area contributed by atoms with E-state index in [2.05, 4.69) is 15.9 Å². The van der Waals surface area contributed by atoms with Crippen molar-refractivity contribution in [1.82, 2.24) is 0 Å². The molecule has 62 valence electrons. The van der Waals surface area contributed by atoms with Crippen molar-refractivity contribution in [2.75, 3.05) is 6.67 Å². The van der Waals surface area contributed by atoms with Gasteiger partial charge in [0.15, 0.2) is 4.67 Å². The monoisotopic (exact) mass is 222 g/mol. The molecule has 4 heteroatoms. The summed E-state index contributed by atoms with van der Waals surface area (Å²) in [5, 5.41) is 9.03. The van der Waals surface area contributed by atoms with Gasteiger partial charge in [-0.3, -0.25) is 0 Å². The van der Waals surface area contributed by atoms with Crippen LogP contribution in [0.2, 0.25) is 0 Å². The Labute approximate surface area is 72.1 Å². The highest BCUT2D eigenvalue weighted by Gasteiger charge is 2.14. The summed E-state index contributed by atoms with van der Waals surface area (Å²) in [6.07, 6.45) is -1.14. The summed E-state index contributed by atoms with van der Waals surface area (Å²) in [4.78, 5) is 0. The van der Waals surface area contributed by atoms with Crippen molar-refractivity contribution in [1.29, 1.82) is 0 Å². The minimum atomic E-state index is -1.14. The standard InChI is InChI=1S/C7H8BrFO2/c1-4-2-6(8)11-7(4)5(10)3-9/h2,5,10H,3H2,1H3. The summed E-state index contributed by atoms with van der Waals surface area (Å²) in [6.45, 7) is 0.934. The molecule has 11 heavy (non-hydrogen) atoms. The Balaban J connectivity index is 2.93. The molecule has 0 radical (unpaired) electrons. The second kappa shape index (κ2) is 3.36. The number of aliphatic hydroxyl groups excluding tert-OH is 1. The van der Waals surface area contributed by atoms with E-state index in [1.807, 2.05) is 0 Å². The van der Waals surface area contributed by atoms with Crippen LogP contribution in [-0.2, 0) is 0 Å². The van der Waals surface area contributed by atoms with Gasteiger partial charge in [0, 0.05) is 0 Å². The lowest BCUT2D eigenvalue weighted by Gasteiger charge is -2.01. The van der Waals surface area contributed by atoms with E-state index in [9.17, 15) is 4.39 Å². The van der Waals surface area contributed by atoms with Gasteiger partial charge in [0.1, 0.15) is 18.5 Å². The van der Waals surface area contributed by atoms with Gasteiger partial charge in [-0.05, 0) is 34.5 Å². The fourth-order valence-electron chi connectivity index (χ4n) is 0.857. The zero-order chi connectivity index (χ0) is 8.43. The zero-order valence-corrected chi connectivity index (χ0v) is 7.56. The van der Waals surface area contributed by atoms with E-state index in [-0.39, 0.29) is 0 Å². The summed E-state index contributed by atoms with van der Waals surface area (Å²) >= 11 is 3.08. The normalized spacial score (nSPS) is 13.5. The Morgan fingerprint density at radius 2 is 2.45 bits per heavy atom. The maximum atomic E-state index is 11.9. The first-order chi connectivity index (χ1) is 5.15. The third kappa shape index (κ3) is 1.81. The summed E-state index contributed by atoms with van der Waals surface area (Å²) in [5.74, 6) is 0.291. The quantitative estimate of drug-likeness (QED) is 0.834. The molecule has 1 N–H and O–H groups in total. The van der Waals surface area contributed by atoms with Gasteiger partial charge < -0.3 is 9.52 Å². The van der Waals surface area contributed by atoms with Crippen molar-refractivity contribution in [3.8, 4) is 0 Å². The maximum absolute atomic E-state index is 11.9. The van der Waals surface area contributed by atoms with Gasteiger partial charge in [-0.15, -0.1) is 0 Å². The lowest BCUT2D eigenvalue weighted by molar-refractivity contribution is 0.116. The van der Waals surface area contributed by atoms with Crippen LogP contribution in [0.25, 0.3) is 0 Å². The zero-order valence-electron chi connectivity index (χ0n) is 5.97. The van der Waals surface area contributed by atoms with Crippen LogP contribution in [0.15, 0.2) is 15.2 Å². The number of hydrogen-bond acceptors (Lipinski definition) is 2. The van der Waals surface area contributed by atoms with Crippen LogP contribution in [0.1, 0.15) is 17.4 Å². The Kier molecular flexibility index (Phi) is 2.67. The van der Waals surface area contributed by atoms with E-state index >= 15 is 0 Å². The SMILES string of the molecule is Cc1cc(Br)oc1C(O)CF. The van der Waals surface area contributed by atoms with Crippen molar-refractivity contribution >= 4 is 15.9 Å². The number of aryl methyl sites for hydroxylation is 1. The molecule has 1 heterocycles. The maximum Gasteiger partial charge on any atom is 0.169 e. The Bertz CT molecular complexity index is 247. The number of furan rings is 1. The predicted octanol–water partition coefficient (Wildman–Crippen LogP) is 2.35. The highest BCUT2D eigenvalue weighted by atomic mass is 79.9. The number of alkyl halides is 1. The fourth-order valence-corrected chi connectivity index (χ4v) is 1.38. The van der Waals surface area contributed by atoms with Gasteiger partial charge in [0.25, 0.3) is 0 Å². The molecule has 0 aliphatic carbocycles. The molecule has 1 aromatic heterocycles. The molecule has 1 rings (SSSR count). The molecular formula is C7H8BrFO2.